The van der Waals surface area contributed by atoms with E-state index in [1.54, 1.807) is 29.6 Å². The van der Waals surface area contributed by atoms with E-state index in [-0.39, 0.29) is 5.88 Å². The molecule has 1 amide bonds. The molecule has 0 fully saturated rings. The van der Waals surface area contributed by atoms with Gasteiger partial charge in [0.05, 0.1) is 10.9 Å². The predicted octanol–water partition coefficient (Wildman–Crippen LogP) is 3.34. The lowest BCUT2D eigenvalue weighted by Crippen LogP contribution is -2.23. The zero-order valence-corrected chi connectivity index (χ0v) is 12.7. The SMILES string of the molecule is O=C(COc1ncnc2ccccc12)Nc1c(F)c(F)c(F)c(F)c1F. The maximum atomic E-state index is 13.5. The number of halogens is 5. The van der Waals surface area contributed by atoms with Crippen LogP contribution >= 0.6 is 0 Å². The van der Waals surface area contributed by atoms with Gasteiger partial charge in [0.25, 0.3) is 5.91 Å². The molecule has 26 heavy (non-hydrogen) atoms. The number of nitrogens with one attached hydrogen (secondary N) is 1. The Hall–Kier alpha value is -3.30. The lowest BCUT2D eigenvalue weighted by atomic mass is 10.2. The Morgan fingerprint density at radius 1 is 0.923 bits per heavy atom. The average Bonchev–Trinajstić information content (AvgIpc) is 2.66. The van der Waals surface area contributed by atoms with E-state index in [1.807, 2.05) is 0 Å². The normalized spacial score (nSPS) is 10.8. The first kappa shape index (κ1) is 17.5. The highest BCUT2D eigenvalue weighted by Crippen LogP contribution is 2.27. The van der Waals surface area contributed by atoms with Crippen molar-refractivity contribution >= 4 is 22.5 Å². The van der Waals surface area contributed by atoms with Gasteiger partial charge in [-0.05, 0) is 12.1 Å². The summed E-state index contributed by atoms with van der Waals surface area (Å²) in [6.45, 7) is -0.777. The smallest absolute Gasteiger partial charge is 0.262 e. The second kappa shape index (κ2) is 6.90. The molecule has 1 heterocycles. The molecule has 3 rings (SSSR count). The lowest BCUT2D eigenvalue weighted by molar-refractivity contribution is -0.118. The minimum absolute atomic E-state index is 0.0168. The minimum Gasteiger partial charge on any atom is -0.467 e. The van der Waals surface area contributed by atoms with Gasteiger partial charge < -0.3 is 10.1 Å². The lowest BCUT2D eigenvalue weighted by Gasteiger charge is -2.11. The van der Waals surface area contributed by atoms with Gasteiger partial charge in [0.2, 0.25) is 11.7 Å². The summed E-state index contributed by atoms with van der Waals surface area (Å²) >= 11 is 0. The number of carbonyl (C=O) groups is 1. The molecule has 2 aromatic carbocycles. The summed E-state index contributed by atoms with van der Waals surface area (Å²) in [6.07, 6.45) is 1.18. The van der Waals surface area contributed by atoms with E-state index in [9.17, 15) is 26.7 Å². The van der Waals surface area contributed by atoms with Crippen LogP contribution in [0, 0.1) is 29.1 Å². The van der Waals surface area contributed by atoms with Gasteiger partial charge in [-0.25, -0.2) is 31.9 Å². The molecule has 5 nitrogen and oxygen atoms in total. The third-order valence-electron chi connectivity index (χ3n) is 3.32. The predicted molar refractivity (Wildman–Crippen MR) is 79.9 cm³/mol. The Kier molecular flexibility index (Phi) is 4.65. The number of rotatable bonds is 4. The molecule has 0 atom stereocenters. The van der Waals surface area contributed by atoms with Crippen LogP contribution in [0.3, 0.4) is 0 Å². The van der Waals surface area contributed by atoms with E-state index in [1.165, 1.54) is 6.33 Å². The molecular weight excluding hydrogens is 361 g/mol. The van der Waals surface area contributed by atoms with Gasteiger partial charge in [0, 0.05) is 0 Å². The van der Waals surface area contributed by atoms with Crippen molar-refractivity contribution in [3.05, 3.63) is 59.7 Å². The number of hydrogen-bond acceptors (Lipinski definition) is 4. The Labute approximate surface area is 142 Å². The van der Waals surface area contributed by atoms with Crippen LogP contribution in [-0.2, 0) is 4.79 Å². The standard InChI is InChI=1S/C16H8F5N3O2/c17-10-11(18)13(20)15(14(21)12(10)19)24-9(25)5-26-16-7-3-1-2-4-8(7)22-6-23-16/h1-4,6H,5H2,(H,24,25). The summed E-state index contributed by atoms with van der Waals surface area (Å²) in [5.74, 6) is -12.1. The van der Waals surface area contributed by atoms with Crippen molar-refractivity contribution in [1.29, 1.82) is 0 Å². The van der Waals surface area contributed by atoms with E-state index in [2.05, 4.69) is 9.97 Å². The number of para-hydroxylation sites is 1. The highest BCUT2D eigenvalue weighted by Gasteiger charge is 2.26. The third-order valence-corrected chi connectivity index (χ3v) is 3.32. The number of carbonyl (C=O) groups excluding carboxylic acids is 1. The first-order valence-electron chi connectivity index (χ1n) is 7.04. The first-order valence-corrected chi connectivity index (χ1v) is 7.04. The quantitative estimate of drug-likeness (QED) is 0.435. The molecule has 0 aliphatic heterocycles. The summed E-state index contributed by atoms with van der Waals surface area (Å²) in [6, 6.07) is 6.67. The number of ether oxygens (including phenoxy) is 1. The van der Waals surface area contributed by atoms with Gasteiger partial charge in [0.1, 0.15) is 12.0 Å². The monoisotopic (exact) mass is 369 g/mol. The number of nitrogens with zero attached hydrogens (tertiary/aromatic N) is 2. The molecule has 1 N–H and O–H groups in total. The van der Waals surface area contributed by atoms with Crippen molar-refractivity contribution in [2.75, 3.05) is 11.9 Å². The second-order valence-electron chi connectivity index (χ2n) is 4.98. The number of benzene rings is 2. The maximum Gasteiger partial charge on any atom is 0.262 e. The zero-order chi connectivity index (χ0) is 18.8. The summed E-state index contributed by atoms with van der Waals surface area (Å²) in [5.41, 5.74) is -0.930. The third kappa shape index (κ3) is 3.13. The average molecular weight is 369 g/mol. The molecule has 134 valence electrons. The van der Waals surface area contributed by atoms with Crippen LogP contribution in [0.5, 0.6) is 5.88 Å². The highest BCUT2D eigenvalue weighted by atomic mass is 19.2. The fourth-order valence-electron chi connectivity index (χ4n) is 2.12. The summed E-state index contributed by atoms with van der Waals surface area (Å²) in [7, 11) is 0. The molecule has 1 aromatic heterocycles. The van der Waals surface area contributed by atoms with E-state index >= 15 is 0 Å². The molecule has 0 unspecified atom stereocenters. The van der Waals surface area contributed by atoms with Gasteiger partial charge in [-0.1, -0.05) is 12.1 Å². The number of anilines is 1. The summed E-state index contributed by atoms with van der Waals surface area (Å²) in [4.78, 5) is 19.6. The molecular formula is C16H8F5N3O2. The zero-order valence-electron chi connectivity index (χ0n) is 12.7. The Morgan fingerprint density at radius 2 is 1.54 bits per heavy atom. The van der Waals surface area contributed by atoms with E-state index in [0.29, 0.717) is 10.9 Å². The molecule has 0 saturated heterocycles. The number of hydrogen-bond donors (Lipinski definition) is 1. The van der Waals surface area contributed by atoms with Crippen molar-refractivity contribution < 1.29 is 31.5 Å². The van der Waals surface area contributed by atoms with Gasteiger partial charge in [-0.2, -0.15) is 0 Å². The highest BCUT2D eigenvalue weighted by molar-refractivity contribution is 5.92. The Bertz CT molecular complexity index is 978. The van der Waals surface area contributed by atoms with Crippen LogP contribution in [0.2, 0.25) is 0 Å². The van der Waals surface area contributed by atoms with Gasteiger partial charge in [-0.15, -0.1) is 0 Å². The van der Waals surface area contributed by atoms with Crippen LogP contribution < -0.4 is 10.1 Å². The Balaban J connectivity index is 1.78. The van der Waals surface area contributed by atoms with Gasteiger partial charge in [-0.3, -0.25) is 4.79 Å². The largest absolute Gasteiger partial charge is 0.467 e. The van der Waals surface area contributed by atoms with Crippen molar-refractivity contribution in [2.24, 2.45) is 0 Å². The van der Waals surface area contributed by atoms with Crippen LogP contribution in [-0.4, -0.2) is 22.5 Å². The van der Waals surface area contributed by atoms with Crippen molar-refractivity contribution in [2.45, 2.75) is 0 Å². The molecule has 0 saturated carbocycles. The van der Waals surface area contributed by atoms with Gasteiger partial charge >= 0.3 is 0 Å². The van der Waals surface area contributed by atoms with Crippen LogP contribution in [0.25, 0.3) is 10.9 Å². The molecule has 0 bridgehead atoms. The fraction of sp³-hybridized carbons (Fsp3) is 0.0625. The molecule has 3 aromatic rings. The summed E-state index contributed by atoms with van der Waals surface area (Å²) < 4.78 is 71.4. The van der Waals surface area contributed by atoms with Crippen LogP contribution in [0.4, 0.5) is 27.6 Å². The number of amides is 1. The van der Waals surface area contributed by atoms with Crippen molar-refractivity contribution in [3.8, 4) is 5.88 Å². The fourth-order valence-corrected chi connectivity index (χ4v) is 2.12. The van der Waals surface area contributed by atoms with Crippen LogP contribution in [0.1, 0.15) is 0 Å². The minimum atomic E-state index is -2.32. The van der Waals surface area contributed by atoms with E-state index < -0.39 is 47.3 Å². The van der Waals surface area contributed by atoms with E-state index in [0.717, 1.165) is 0 Å². The molecule has 0 radical (unpaired) electrons. The van der Waals surface area contributed by atoms with Crippen LogP contribution in [0.15, 0.2) is 30.6 Å². The first-order chi connectivity index (χ1) is 12.4. The maximum absolute atomic E-state index is 13.5. The van der Waals surface area contributed by atoms with Gasteiger partial charge in [0.15, 0.2) is 29.9 Å². The molecule has 0 spiro atoms. The number of aromatic nitrogens is 2. The number of fused-ring (bicyclic) bond motifs is 1. The Morgan fingerprint density at radius 3 is 2.23 bits per heavy atom. The molecule has 0 aliphatic rings. The van der Waals surface area contributed by atoms with Crippen molar-refractivity contribution in [3.63, 3.8) is 0 Å². The van der Waals surface area contributed by atoms with E-state index in [4.69, 9.17) is 4.74 Å². The topological polar surface area (TPSA) is 64.1 Å². The molecule has 0 aliphatic carbocycles. The van der Waals surface area contributed by atoms with Crippen molar-refractivity contribution in [1.82, 2.24) is 9.97 Å². The molecule has 10 heteroatoms. The summed E-state index contributed by atoms with van der Waals surface area (Å²) in [5, 5.41) is 2.07. The second-order valence-corrected chi connectivity index (χ2v) is 4.98.